The Hall–Kier alpha value is -1.27. The van der Waals surface area contributed by atoms with Crippen LogP contribution in [0.2, 0.25) is 0 Å². The molecule has 0 aliphatic carbocycles. The van der Waals surface area contributed by atoms with Crippen molar-refractivity contribution in [3.8, 4) is 0 Å². The van der Waals surface area contributed by atoms with Crippen LogP contribution in [0.15, 0.2) is 16.1 Å². The predicted octanol–water partition coefficient (Wildman–Crippen LogP) is 3.46. The SMILES string of the molecule is Cc1c(CN=[N+]=[N-])cc([B-](F)(F)F)c(C)c1S. The van der Waals surface area contributed by atoms with Crippen LogP contribution in [-0.4, -0.2) is 6.98 Å². The van der Waals surface area contributed by atoms with E-state index in [0.29, 0.717) is 16.0 Å². The van der Waals surface area contributed by atoms with E-state index in [2.05, 4.69) is 22.7 Å². The molecule has 0 heterocycles. The Balaban J connectivity index is 3.44. The lowest BCUT2D eigenvalue weighted by Gasteiger charge is -2.22. The van der Waals surface area contributed by atoms with E-state index in [4.69, 9.17) is 5.53 Å². The first kappa shape index (κ1) is 13.8. The van der Waals surface area contributed by atoms with Crippen molar-refractivity contribution in [1.29, 1.82) is 0 Å². The molecule has 0 saturated heterocycles. The van der Waals surface area contributed by atoms with Gasteiger partial charge in [-0.15, -0.1) is 18.1 Å². The van der Waals surface area contributed by atoms with Crippen molar-refractivity contribution in [3.05, 3.63) is 33.2 Å². The third-order valence-corrected chi connectivity index (χ3v) is 3.28. The molecule has 0 aromatic heterocycles. The molecule has 1 aromatic carbocycles. The number of halogens is 3. The molecule has 0 aliphatic heterocycles. The molecule has 0 spiro atoms. The van der Waals surface area contributed by atoms with Gasteiger partial charge in [-0.1, -0.05) is 16.7 Å². The van der Waals surface area contributed by atoms with Crippen LogP contribution in [0.1, 0.15) is 16.7 Å². The van der Waals surface area contributed by atoms with E-state index in [1.165, 1.54) is 6.92 Å². The maximum Gasteiger partial charge on any atom is 0.509 e. The Morgan fingerprint density at radius 3 is 2.41 bits per heavy atom. The molecule has 0 atom stereocenters. The first-order valence-electron chi connectivity index (χ1n) is 4.81. The van der Waals surface area contributed by atoms with Crippen molar-refractivity contribution in [2.24, 2.45) is 5.11 Å². The first-order valence-corrected chi connectivity index (χ1v) is 5.26. The number of hydrogen-bond acceptors (Lipinski definition) is 2. The van der Waals surface area contributed by atoms with Crippen LogP contribution in [0.4, 0.5) is 12.9 Å². The largest absolute Gasteiger partial charge is 0.509 e. The topological polar surface area (TPSA) is 48.8 Å². The van der Waals surface area contributed by atoms with Gasteiger partial charge in [-0.05, 0) is 30.5 Å². The molecular formula is C9H10BF3N3S-. The van der Waals surface area contributed by atoms with E-state index in [1.807, 2.05) is 0 Å². The molecule has 0 N–H and O–H groups in total. The standard InChI is InChI=1S/C9H10BF3N3S/c1-5-7(4-15-16-14)3-8(10(11,12)13)6(2)9(5)17/h3,17H,4H2,1-2H3/q-1. The summed E-state index contributed by atoms with van der Waals surface area (Å²) in [5.74, 6) is 0. The second-order valence-electron chi connectivity index (χ2n) is 3.69. The minimum absolute atomic E-state index is 0.102. The number of benzene rings is 1. The molecule has 0 aliphatic rings. The lowest BCUT2D eigenvalue weighted by atomic mass is 9.75. The second kappa shape index (κ2) is 4.93. The molecular weight excluding hydrogens is 250 g/mol. The summed E-state index contributed by atoms with van der Waals surface area (Å²) in [6, 6.07) is 1.04. The van der Waals surface area contributed by atoms with E-state index in [9.17, 15) is 12.9 Å². The summed E-state index contributed by atoms with van der Waals surface area (Å²) >= 11 is 4.08. The number of azide groups is 1. The van der Waals surface area contributed by atoms with Gasteiger partial charge in [0.1, 0.15) is 0 Å². The third kappa shape index (κ3) is 2.89. The fourth-order valence-corrected chi connectivity index (χ4v) is 1.86. The van der Waals surface area contributed by atoms with Crippen molar-refractivity contribution < 1.29 is 12.9 Å². The van der Waals surface area contributed by atoms with Crippen molar-refractivity contribution in [2.75, 3.05) is 0 Å². The minimum Gasteiger partial charge on any atom is -0.445 e. The summed E-state index contributed by atoms with van der Waals surface area (Å²) in [7, 11) is 0. The number of thiol groups is 1. The Morgan fingerprint density at radius 2 is 1.94 bits per heavy atom. The lowest BCUT2D eigenvalue weighted by Crippen LogP contribution is -2.37. The summed E-state index contributed by atoms with van der Waals surface area (Å²) in [4.78, 5) is 2.84. The minimum atomic E-state index is -5.09. The van der Waals surface area contributed by atoms with Gasteiger partial charge in [-0.2, -0.15) is 0 Å². The molecule has 0 amide bonds. The maximum absolute atomic E-state index is 12.8. The normalized spacial score (nSPS) is 11.2. The number of rotatable bonds is 3. The number of hydrogen-bond donors (Lipinski definition) is 1. The molecule has 1 rings (SSSR count). The fourth-order valence-electron chi connectivity index (χ4n) is 1.59. The zero-order valence-electron chi connectivity index (χ0n) is 9.28. The smallest absolute Gasteiger partial charge is 0.445 e. The van der Waals surface area contributed by atoms with Gasteiger partial charge in [0.15, 0.2) is 0 Å². The highest BCUT2D eigenvalue weighted by atomic mass is 32.1. The van der Waals surface area contributed by atoms with E-state index in [1.54, 1.807) is 6.92 Å². The summed E-state index contributed by atoms with van der Waals surface area (Å²) in [6.45, 7) is -2.14. The van der Waals surface area contributed by atoms with Crippen LogP contribution in [0, 0.1) is 13.8 Å². The quantitative estimate of drug-likeness (QED) is 0.284. The summed E-state index contributed by atoms with van der Waals surface area (Å²) < 4.78 is 38.4. The molecule has 8 heteroatoms. The molecule has 92 valence electrons. The molecule has 0 fully saturated rings. The van der Waals surface area contributed by atoms with Crippen LogP contribution >= 0.6 is 12.6 Å². The van der Waals surface area contributed by atoms with Gasteiger partial charge in [0, 0.05) is 9.81 Å². The maximum atomic E-state index is 12.8. The summed E-state index contributed by atoms with van der Waals surface area (Å²) in [6.07, 6.45) is 0. The molecule has 17 heavy (non-hydrogen) atoms. The number of nitrogens with zero attached hydrogens (tertiary/aromatic N) is 3. The van der Waals surface area contributed by atoms with Crippen LogP contribution < -0.4 is 5.46 Å². The van der Waals surface area contributed by atoms with Crippen LogP contribution in [-0.2, 0) is 6.54 Å². The molecule has 1 aromatic rings. The van der Waals surface area contributed by atoms with Gasteiger partial charge in [0.25, 0.3) is 0 Å². The molecule has 0 unspecified atom stereocenters. The molecule has 3 nitrogen and oxygen atoms in total. The lowest BCUT2D eigenvalue weighted by molar-refractivity contribution is 0.500. The van der Waals surface area contributed by atoms with Crippen molar-refractivity contribution in [1.82, 2.24) is 0 Å². The fraction of sp³-hybridized carbons (Fsp3) is 0.333. The van der Waals surface area contributed by atoms with Crippen LogP contribution in [0.3, 0.4) is 0 Å². The Morgan fingerprint density at radius 1 is 1.35 bits per heavy atom. The van der Waals surface area contributed by atoms with Crippen LogP contribution in [0.25, 0.3) is 10.4 Å². The van der Waals surface area contributed by atoms with E-state index in [-0.39, 0.29) is 12.1 Å². The van der Waals surface area contributed by atoms with Gasteiger partial charge in [0.2, 0.25) is 0 Å². The highest BCUT2D eigenvalue weighted by molar-refractivity contribution is 7.80. The van der Waals surface area contributed by atoms with Crippen molar-refractivity contribution >= 4 is 25.1 Å². The summed E-state index contributed by atoms with van der Waals surface area (Å²) in [5, 5.41) is 3.28. The zero-order valence-corrected chi connectivity index (χ0v) is 10.2. The van der Waals surface area contributed by atoms with Crippen molar-refractivity contribution in [2.45, 2.75) is 25.3 Å². The van der Waals surface area contributed by atoms with Crippen LogP contribution in [0.5, 0.6) is 0 Å². The Bertz CT molecular complexity index is 495. The Labute approximate surface area is 102 Å². The monoisotopic (exact) mass is 260 g/mol. The molecule has 0 saturated carbocycles. The molecule has 0 bridgehead atoms. The Kier molecular flexibility index (Phi) is 4.01. The van der Waals surface area contributed by atoms with Gasteiger partial charge >= 0.3 is 6.98 Å². The average molecular weight is 260 g/mol. The predicted molar refractivity (Wildman–Crippen MR) is 64.7 cm³/mol. The van der Waals surface area contributed by atoms with Gasteiger partial charge in [0.05, 0.1) is 6.54 Å². The third-order valence-electron chi connectivity index (χ3n) is 2.61. The van der Waals surface area contributed by atoms with Gasteiger partial charge in [-0.3, -0.25) is 0 Å². The van der Waals surface area contributed by atoms with Crippen molar-refractivity contribution in [3.63, 3.8) is 0 Å². The van der Waals surface area contributed by atoms with E-state index >= 15 is 0 Å². The zero-order chi connectivity index (χ0) is 13.2. The second-order valence-corrected chi connectivity index (χ2v) is 4.13. The molecule has 0 radical (unpaired) electrons. The highest BCUT2D eigenvalue weighted by Gasteiger charge is 2.29. The average Bonchev–Trinajstić information content (AvgIpc) is 2.23. The first-order chi connectivity index (χ1) is 7.79. The van der Waals surface area contributed by atoms with Gasteiger partial charge in [-0.25, -0.2) is 0 Å². The highest BCUT2D eigenvalue weighted by Crippen LogP contribution is 2.24. The van der Waals surface area contributed by atoms with Gasteiger partial charge < -0.3 is 12.9 Å². The van der Waals surface area contributed by atoms with E-state index in [0.717, 1.165) is 6.07 Å². The summed E-state index contributed by atoms with van der Waals surface area (Å²) in [5.41, 5.74) is 8.60. The van der Waals surface area contributed by atoms with E-state index < -0.39 is 12.4 Å².